The Morgan fingerprint density at radius 2 is 1.41 bits per heavy atom. The van der Waals surface area contributed by atoms with E-state index >= 15 is 0 Å². The van der Waals surface area contributed by atoms with Crippen LogP contribution in [0.3, 0.4) is 0 Å². The molecule has 27 heavy (non-hydrogen) atoms. The molecule has 3 aromatic rings. The minimum absolute atomic E-state index is 0.0302. The first kappa shape index (κ1) is 19.1. The normalized spacial score (nSPS) is 11.8. The summed E-state index contributed by atoms with van der Waals surface area (Å²) in [6, 6.07) is 21.4. The molecule has 0 bridgehead atoms. The zero-order valence-corrected chi connectivity index (χ0v) is 16.6. The van der Waals surface area contributed by atoms with Crippen molar-refractivity contribution in [3.63, 3.8) is 0 Å². The molecule has 1 unspecified atom stereocenters. The number of anilines is 2. The Balaban J connectivity index is 1.94. The maximum Gasteiger partial charge on any atom is 0.245 e. The molecule has 1 amide bonds. The lowest BCUT2D eigenvalue weighted by molar-refractivity contribution is -0.117. The molecule has 0 radical (unpaired) electrons. The van der Waals surface area contributed by atoms with E-state index in [-0.39, 0.29) is 11.2 Å². The van der Waals surface area contributed by atoms with Gasteiger partial charge in [0.2, 0.25) is 5.91 Å². The van der Waals surface area contributed by atoms with Gasteiger partial charge >= 0.3 is 0 Å². The van der Waals surface area contributed by atoms with Crippen LogP contribution >= 0.6 is 11.8 Å². The van der Waals surface area contributed by atoms with Gasteiger partial charge in [-0.1, -0.05) is 55.1 Å². The van der Waals surface area contributed by atoms with Gasteiger partial charge in [-0.25, -0.2) is 9.97 Å². The van der Waals surface area contributed by atoms with E-state index in [1.807, 2.05) is 87.5 Å². The number of para-hydroxylation sites is 2. The highest BCUT2D eigenvalue weighted by atomic mass is 32.2. The smallest absolute Gasteiger partial charge is 0.245 e. The van der Waals surface area contributed by atoms with E-state index in [0.29, 0.717) is 11.6 Å². The molecule has 0 aliphatic carbocycles. The summed E-state index contributed by atoms with van der Waals surface area (Å²) in [6.45, 7) is 5.91. The average Bonchev–Trinajstić information content (AvgIpc) is 2.67. The summed E-state index contributed by atoms with van der Waals surface area (Å²) in [4.78, 5) is 24.3. The van der Waals surface area contributed by atoms with Crippen LogP contribution in [0.25, 0.3) is 0 Å². The maximum absolute atomic E-state index is 13.5. The van der Waals surface area contributed by atoms with Gasteiger partial charge in [-0.3, -0.25) is 9.69 Å². The monoisotopic (exact) mass is 377 g/mol. The highest BCUT2D eigenvalue weighted by molar-refractivity contribution is 8.00. The Morgan fingerprint density at radius 1 is 0.926 bits per heavy atom. The minimum atomic E-state index is -0.272. The molecule has 0 N–H and O–H groups in total. The van der Waals surface area contributed by atoms with Gasteiger partial charge in [0.15, 0.2) is 5.16 Å². The van der Waals surface area contributed by atoms with E-state index < -0.39 is 0 Å². The van der Waals surface area contributed by atoms with Crippen LogP contribution < -0.4 is 4.90 Å². The standard InChI is InChI=1S/C22H23N3OS/c1-4-20(27-22-23-16(2)15-17(3)24-22)21(26)25(18-11-7-5-8-12-18)19-13-9-6-10-14-19/h5-15,20H,4H2,1-3H3. The highest BCUT2D eigenvalue weighted by Gasteiger charge is 2.27. The number of nitrogens with zero attached hydrogens (tertiary/aromatic N) is 3. The van der Waals surface area contributed by atoms with E-state index in [9.17, 15) is 4.79 Å². The lowest BCUT2D eigenvalue weighted by atomic mass is 10.2. The number of aromatic nitrogens is 2. The van der Waals surface area contributed by atoms with E-state index in [1.54, 1.807) is 4.90 Å². The molecular weight excluding hydrogens is 354 g/mol. The molecule has 3 rings (SSSR count). The molecule has 5 heteroatoms. The number of hydrogen-bond acceptors (Lipinski definition) is 4. The Hall–Kier alpha value is -2.66. The van der Waals surface area contributed by atoms with E-state index in [1.165, 1.54) is 11.8 Å². The third-order valence-electron chi connectivity index (χ3n) is 4.10. The second-order valence-electron chi connectivity index (χ2n) is 6.29. The molecule has 0 aliphatic heterocycles. The van der Waals surface area contributed by atoms with Crippen LogP contribution in [0.1, 0.15) is 24.7 Å². The maximum atomic E-state index is 13.5. The van der Waals surface area contributed by atoms with Crippen LogP contribution in [0.5, 0.6) is 0 Å². The van der Waals surface area contributed by atoms with Crippen molar-refractivity contribution in [3.05, 3.63) is 78.1 Å². The molecule has 1 heterocycles. The summed E-state index contributed by atoms with van der Waals surface area (Å²) in [5.41, 5.74) is 3.54. The van der Waals surface area contributed by atoms with Crippen molar-refractivity contribution < 1.29 is 4.79 Å². The lowest BCUT2D eigenvalue weighted by Crippen LogP contribution is -2.34. The number of thioether (sulfide) groups is 1. The Labute approximate surface area is 164 Å². The van der Waals surface area contributed by atoms with Crippen molar-refractivity contribution >= 4 is 29.0 Å². The first-order valence-corrected chi connectivity index (χ1v) is 9.89. The van der Waals surface area contributed by atoms with E-state index in [4.69, 9.17) is 0 Å². The molecule has 0 saturated heterocycles. The van der Waals surface area contributed by atoms with Gasteiger partial charge < -0.3 is 0 Å². The fourth-order valence-electron chi connectivity index (χ4n) is 2.88. The van der Waals surface area contributed by atoms with Crippen molar-refractivity contribution in [1.29, 1.82) is 0 Å². The Bertz CT molecular complexity index is 840. The number of hydrogen-bond donors (Lipinski definition) is 0. The topological polar surface area (TPSA) is 46.1 Å². The molecule has 1 atom stereocenters. The van der Waals surface area contributed by atoms with Gasteiger partial charge in [0.25, 0.3) is 0 Å². The van der Waals surface area contributed by atoms with Gasteiger partial charge in [-0.2, -0.15) is 0 Å². The molecule has 0 fully saturated rings. The Morgan fingerprint density at radius 3 is 1.85 bits per heavy atom. The number of carbonyl (C=O) groups is 1. The van der Waals surface area contributed by atoms with Crippen LogP contribution in [-0.4, -0.2) is 21.1 Å². The summed E-state index contributed by atoms with van der Waals surface area (Å²) < 4.78 is 0. The lowest BCUT2D eigenvalue weighted by Gasteiger charge is -2.26. The predicted octanol–water partition coefficient (Wildman–Crippen LogP) is 5.33. The first-order chi connectivity index (χ1) is 13.1. The zero-order valence-electron chi connectivity index (χ0n) is 15.8. The number of benzene rings is 2. The molecule has 0 aliphatic rings. The molecular formula is C22H23N3OS. The summed E-state index contributed by atoms with van der Waals surface area (Å²) in [7, 11) is 0. The fraction of sp³-hybridized carbons (Fsp3) is 0.227. The molecule has 4 nitrogen and oxygen atoms in total. The van der Waals surface area contributed by atoms with Crippen molar-refractivity contribution in [2.75, 3.05) is 4.90 Å². The van der Waals surface area contributed by atoms with Crippen molar-refractivity contribution in [2.24, 2.45) is 0 Å². The molecule has 0 saturated carbocycles. The summed E-state index contributed by atoms with van der Waals surface area (Å²) in [5, 5.41) is 0.375. The van der Waals surface area contributed by atoms with E-state index in [2.05, 4.69) is 9.97 Å². The van der Waals surface area contributed by atoms with Crippen LogP contribution in [0, 0.1) is 13.8 Å². The van der Waals surface area contributed by atoms with Gasteiger partial charge in [0, 0.05) is 22.8 Å². The molecule has 138 valence electrons. The third kappa shape index (κ3) is 4.74. The van der Waals surface area contributed by atoms with Crippen LogP contribution in [0.2, 0.25) is 0 Å². The number of aryl methyl sites for hydroxylation is 2. The minimum Gasteiger partial charge on any atom is -0.280 e. The van der Waals surface area contributed by atoms with Crippen LogP contribution in [-0.2, 0) is 4.79 Å². The average molecular weight is 378 g/mol. The largest absolute Gasteiger partial charge is 0.280 e. The van der Waals surface area contributed by atoms with Crippen molar-refractivity contribution in [1.82, 2.24) is 9.97 Å². The van der Waals surface area contributed by atoms with Gasteiger partial charge in [0.1, 0.15) is 0 Å². The number of carbonyl (C=O) groups excluding carboxylic acids is 1. The number of amides is 1. The first-order valence-electron chi connectivity index (χ1n) is 9.01. The van der Waals surface area contributed by atoms with Crippen LogP contribution in [0.4, 0.5) is 11.4 Å². The highest BCUT2D eigenvalue weighted by Crippen LogP contribution is 2.31. The summed E-state index contributed by atoms with van der Waals surface area (Å²) >= 11 is 1.43. The quantitative estimate of drug-likeness (QED) is 0.430. The summed E-state index contributed by atoms with van der Waals surface area (Å²) in [6.07, 6.45) is 0.690. The van der Waals surface area contributed by atoms with Gasteiger partial charge in [-0.15, -0.1) is 0 Å². The van der Waals surface area contributed by atoms with Crippen LogP contribution in [0.15, 0.2) is 71.9 Å². The zero-order chi connectivity index (χ0) is 19.2. The molecule has 0 spiro atoms. The van der Waals surface area contributed by atoms with E-state index in [0.717, 1.165) is 22.8 Å². The summed E-state index contributed by atoms with van der Waals surface area (Å²) in [5.74, 6) is 0.0302. The second-order valence-corrected chi connectivity index (χ2v) is 7.46. The second kappa shape index (κ2) is 8.82. The fourth-order valence-corrected chi connectivity index (χ4v) is 3.90. The van der Waals surface area contributed by atoms with Crippen molar-refractivity contribution in [3.8, 4) is 0 Å². The van der Waals surface area contributed by atoms with Crippen molar-refractivity contribution in [2.45, 2.75) is 37.6 Å². The molecule has 1 aromatic heterocycles. The van der Waals surface area contributed by atoms with Gasteiger partial charge in [0.05, 0.1) is 5.25 Å². The third-order valence-corrected chi connectivity index (χ3v) is 5.32. The Kier molecular flexibility index (Phi) is 6.24. The SMILES string of the molecule is CCC(Sc1nc(C)cc(C)n1)C(=O)N(c1ccccc1)c1ccccc1. The van der Waals surface area contributed by atoms with Gasteiger partial charge in [-0.05, 0) is 50.6 Å². The molecule has 2 aromatic carbocycles. The predicted molar refractivity (Wildman–Crippen MR) is 111 cm³/mol. The number of rotatable bonds is 6.